The maximum absolute atomic E-state index is 13.7. The zero-order valence-corrected chi connectivity index (χ0v) is 14.5. The van der Waals surface area contributed by atoms with Crippen LogP contribution >= 0.6 is 0 Å². The van der Waals surface area contributed by atoms with Crippen molar-refractivity contribution in [2.24, 2.45) is 0 Å². The second kappa shape index (κ2) is 8.10. The van der Waals surface area contributed by atoms with Gasteiger partial charge >= 0.3 is 0 Å². The molecular formula is C20H24FN3O. The standard InChI is InChI=1S/C20H24FN3O/c1-2-17-8-5-6-10-24(17)18-11-16(12-22-14-18)20(25)23-13-15-7-3-4-9-19(15)21/h3-4,7,9,11-12,14,17H,2,5-6,8,10,13H2,1H3,(H,23,25). The molecule has 1 aliphatic heterocycles. The van der Waals surface area contributed by atoms with E-state index in [1.165, 1.54) is 25.3 Å². The summed E-state index contributed by atoms with van der Waals surface area (Å²) in [6.45, 7) is 3.36. The summed E-state index contributed by atoms with van der Waals surface area (Å²) in [5.41, 5.74) is 1.97. The number of hydrogen-bond acceptors (Lipinski definition) is 3. The molecule has 1 unspecified atom stereocenters. The average molecular weight is 341 g/mol. The van der Waals surface area contributed by atoms with Crippen molar-refractivity contribution in [1.82, 2.24) is 10.3 Å². The quantitative estimate of drug-likeness (QED) is 0.896. The number of carbonyl (C=O) groups is 1. The van der Waals surface area contributed by atoms with Gasteiger partial charge < -0.3 is 10.2 Å². The number of piperidine rings is 1. The van der Waals surface area contributed by atoms with Gasteiger partial charge in [0.1, 0.15) is 5.82 Å². The molecule has 1 fully saturated rings. The van der Waals surface area contributed by atoms with Crippen LogP contribution in [0, 0.1) is 5.82 Å². The third-order valence-corrected chi connectivity index (χ3v) is 4.81. The van der Waals surface area contributed by atoms with E-state index in [1.807, 2.05) is 12.3 Å². The summed E-state index contributed by atoms with van der Waals surface area (Å²) in [4.78, 5) is 19.0. The first-order chi connectivity index (χ1) is 12.2. The van der Waals surface area contributed by atoms with E-state index in [4.69, 9.17) is 0 Å². The smallest absolute Gasteiger partial charge is 0.253 e. The topological polar surface area (TPSA) is 45.2 Å². The lowest BCUT2D eigenvalue weighted by molar-refractivity contribution is 0.0950. The van der Waals surface area contributed by atoms with Gasteiger partial charge in [-0.25, -0.2) is 4.39 Å². The highest BCUT2D eigenvalue weighted by Crippen LogP contribution is 2.26. The molecule has 1 aromatic carbocycles. The minimum absolute atomic E-state index is 0.164. The van der Waals surface area contributed by atoms with Gasteiger partial charge in [-0.3, -0.25) is 9.78 Å². The molecule has 0 spiro atoms. The fourth-order valence-corrected chi connectivity index (χ4v) is 3.39. The molecule has 0 saturated carbocycles. The number of benzene rings is 1. The van der Waals surface area contributed by atoms with Crippen LogP contribution in [0.4, 0.5) is 10.1 Å². The molecule has 1 atom stereocenters. The van der Waals surface area contributed by atoms with Crippen LogP contribution in [-0.2, 0) is 6.54 Å². The zero-order chi connectivity index (χ0) is 17.6. The van der Waals surface area contributed by atoms with Crippen LogP contribution in [0.2, 0.25) is 0 Å². The Morgan fingerprint density at radius 1 is 1.32 bits per heavy atom. The predicted molar refractivity (Wildman–Crippen MR) is 97.1 cm³/mol. The molecule has 1 aromatic heterocycles. The van der Waals surface area contributed by atoms with Gasteiger partial charge in [0.25, 0.3) is 5.91 Å². The molecule has 132 valence electrons. The molecule has 1 saturated heterocycles. The minimum atomic E-state index is -0.311. The van der Waals surface area contributed by atoms with Crippen LogP contribution in [0.25, 0.3) is 0 Å². The summed E-state index contributed by atoms with van der Waals surface area (Å²) >= 11 is 0. The van der Waals surface area contributed by atoms with Gasteiger partial charge in [0.05, 0.1) is 17.4 Å². The second-order valence-corrected chi connectivity index (χ2v) is 6.46. The van der Waals surface area contributed by atoms with E-state index in [2.05, 4.69) is 22.1 Å². The van der Waals surface area contributed by atoms with Crippen molar-refractivity contribution < 1.29 is 9.18 Å². The minimum Gasteiger partial charge on any atom is -0.367 e. The van der Waals surface area contributed by atoms with Gasteiger partial charge in [-0.1, -0.05) is 25.1 Å². The normalized spacial score (nSPS) is 17.4. The van der Waals surface area contributed by atoms with Crippen LogP contribution in [0.5, 0.6) is 0 Å². The van der Waals surface area contributed by atoms with E-state index in [1.54, 1.807) is 24.4 Å². The van der Waals surface area contributed by atoms with Crippen LogP contribution in [0.1, 0.15) is 48.5 Å². The number of halogens is 1. The maximum atomic E-state index is 13.7. The molecule has 0 aliphatic carbocycles. The number of carbonyl (C=O) groups excluding carboxylic acids is 1. The summed E-state index contributed by atoms with van der Waals surface area (Å²) in [5.74, 6) is -0.545. The third-order valence-electron chi connectivity index (χ3n) is 4.81. The summed E-state index contributed by atoms with van der Waals surface area (Å²) in [6, 6.07) is 8.85. The van der Waals surface area contributed by atoms with E-state index < -0.39 is 0 Å². The molecule has 5 heteroatoms. The van der Waals surface area contributed by atoms with Gasteiger partial charge in [-0.15, -0.1) is 0 Å². The Morgan fingerprint density at radius 3 is 2.96 bits per heavy atom. The number of amides is 1. The number of pyridine rings is 1. The van der Waals surface area contributed by atoms with Crippen LogP contribution in [-0.4, -0.2) is 23.5 Å². The number of anilines is 1. The van der Waals surface area contributed by atoms with Crippen LogP contribution < -0.4 is 10.2 Å². The number of nitrogens with zero attached hydrogens (tertiary/aromatic N) is 2. The molecule has 2 aromatic rings. The van der Waals surface area contributed by atoms with Crippen molar-refractivity contribution in [1.29, 1.82) is 0 Å². The molecule has 1 N–H and O–H groups in total. The second-order valence-electron chi connectivity index (χ2n) is 6.46. The lowest BCUT2D eigenvalue weighted by Crippen LogP contribution is -2.39. The molecule has 3 rings (SSSR count). The van der Waals surface area contributed by atoms with E-state index in [9.17, 15) is 9.18 Å². The predicted octanol–water partition coefficient (Wildman–Crippen LogP) is 3.92. The number of nitrogens with one attached hydrogen (secondary N) is 1. The summed E-state index contributed by atoms with van der Waals surface area (Å²) < 4.78 is 13.7. The Kier molecular flexibility index (Phi) is 5.64. The van der Waals surface area contributed by atoms with Gasteiger partial charge in [-0.05, 0) is 37.8 Å². The molecular weight excluding hydrogens is 317 g/mol. The van der Waals surface area contributed by atoms with Crippen molar-refractivity contribution >= 4 is 11.6 Å². The van der Waals surface area contributed by atoms with Crippen molar-refractivity contribution in [3.05, 3.63) is 59.7 Å². The van der Waals surface area contributed by atoms with Gasteiger partial charge in [0.2, 0.25) is 0 Å². The first-order valence-corrected chi connectivity index (χ1v) is 8.92. The fraction of sp³-hybridized carbons (Fsp3) is 0.400. The molecule has 0 bridgehead atoms. The lowest BCUT2D eigenvalue weighted by Gasteiger charge is -2.37. The van der Waals surface area contributed by atoms with Crippen LogP contribution in [0.15, 0.2) is 42.7 Å². The molecule has 1 aliphatic rings. The molecule has 0 radical (unpaired) electrons. The Bertz CT molecular complexity index is 734. The van der Waals surface area contributed by atoms with E-state index in [0.29, 0.717) is 17.2 Å². The number of rotatable bonds is 5. The molecule has 4 nitrogen and oxygen atoms in total. The fourth-order valence-electron chi connectivity index (χ4n) is 3.39. The van der Waals surface area contributed by atoms with E-state index in [0.717, 1.165) is 18.7 Å². The first kappa shape index (κ1) is 17.4. The van der Waals surface area contributed by atoms with Crippen molar-refractivity contribution in [2.75, 3.05) is 11.4 Å². The number of aromatic nitrogens is 1. The summed E-state index contributed by atoms with van der Waals surface area (Å²) in [6.07, 6.45) is 8.07. The Balaban J connectivity index is 1.70. The van der Waals surface area contributed by atoms with Crippen molar-refractivity contribution in [2.45, 2.75) is 45.2 Å². The Hall–Kier alpha value is -2.43. The van der Waals surface area contributed by atoms with Crippen molar-refractivity contribution in [3.63, 3.8) is 0 Å². The highest BCUT2D eigenvalue weighted by molar-refractivity contribution is 5.94. The molecule has 2 heterocycles. The highest BCUT2D eigenvalue weighted by Gasteiger charge is 2.22. The van der Waals surface area contributed by atoms with Gasteiger partial charge in [0, 0.05) is 30.9 Å². The van der Waals surface area contributed by atoms with Crippen molar-refractivity contribution in [3.8, 4) is 0 Å². The maximum Gasteiger partial charge on any atom is 0.253 e. The van der Waals surface area contributed by atoms with Gasteiger partial charge in [-0.2, -0.15) is 0 Å². The Labute approximate surface area is 148 Å². The van der Waals surface area contributed by atoms with E-state index >= 15 is 0 Å². The highest BCUT2D eigenvalue weighted by atomic mass is 19.1. The number of hydrogen-bond donors (Lipinski definition) is 1. The molecule has 25 heavy (non-hydrogen) atoms. The van der Waals surface area contributed by atoms with Crippen LogP contribution in [0.3, 0.4) is 0 Å². The Morgan fingerprint density at radius 2 is 2.16 bits per heavy atom. The summed E-state index contributed by atoms with van der Waals surface area (Å²) in [7, 11) is 0. The largest absolute Gasteiger partial charge is 0.367 e. The summed E-state index contributed by atoms with van der Waals surface area (Å²) in [5, 5.41) is 2.77. The molecule has 1 amide bonds. The van der Waals surface area contributed by atoms with E-state index in [-0.39, 0.29) is 18.3 Å². The SMILES string of the molecule is CCC1CCCCN1c1cncc(C(=O)NCc2ccccc2F)c1. The monoisotopic (exact) mass is 341 g/mol. The zero-order valence-electron chi connectivity index (χ0n) is 14.5. The first-order valence-electron chi connectivity index (χ1n) is 8.92. The average Bonchev–Trinajstić information content (AvgIpc) is 2.67. The lowest BCUT2D eigenvalue weighted by atomic mass is 9.99. The third kappa shape index (κ3) is 4.16. The van der Waals surface area contributed by atoms with Gasteiger partial charge in [0.15, 0.2) is 0 Å².